The monoisotopic (exact) mass is 203 g/mol. The lowest BCUT2D eigenvalue weighted by Gasteiger charge is -2.12. The van der Waals surface area contributed by atoms with Gasteiger partial charge in [-0.3, -0.25) is 4.68 Å². The summed E-state index contributed by atoms with van der Waals surface area (Å²) in [5.41, 5.74) is 1.84. The Morgan fingerprint density at radius 1 is 1.57 bits per heavy atom. The molecule has 1 aromatic rings. The van der Waals surface area contributed by atoms with Crippen molar-refractivity contribution < 1.29 is 8.78 Å². The molecule has 0 radical (unpaired) electrons. The molecule has 0 saturated carbocycles. The van der Waals surface area contributed by atoms with Crippen LogP contribution in [0.25, 0.3) is 0 Å². The molecule has 0 fully saturated rings. The number of aryl methyl sites for hydroxylation is 2. The van der Waals surface area contributed by atoms with Crippen LogP contribution < -0.4 is 5.32 Å². The average molecular weight is 203 g/mol. The molecule has 1 N–H and O–H groups in total. The van der Waals surface area contributed by atoms with Crippen LogP contribution in [0.2, 0.25) is 0 Å². The summed E-state index contributed by atoms with van der Waals surface area (Å²) in [5.74, 6) is 0. The third-order valence-corrected chi connectivity index (χ3v) is 2.10. The molecule has 0 aromatic carbocycles. The zero-order chi connectivity index (χ0) is 10.7. The summed E-state index contributed by atoms with van der Waals surface area (Å²) in [6, 6.07) is -0.0855. The van der Waals surface area contributed by atoms with Crippen molar-refractivity contribution in [1.82, 2.24) is 15.1 Å². The molecule has 1 aromatic heterocycles. The van der Waals surface area contributed by atoms with Crippen LogP contribution in [0, 0.1) is 6.92 Å². The Balaban J connectivity index is 2.60. The summed E-state index contributed by atoms with van der Waals surface area (Å²) >= 11 is 0. The van der Waals surface area contributed by atoms with E-state index in [-0.39, 0.29) is 12.6 Å². The third kappa shape index (κ3) is 2.77. The van der Waals surface area contributed by atoms with Gasteiger partial charge in [0.1, 0.15) is 0 Å². The molecular formula is C9H15F2N3. The van der Waals surface area contributed by atoms with Gasteiger partial charge in [0, 0.05) is 24.8 Å². The van der Waals surface area contributed by atoms with Crippen molar-refractivity contribution in [2.24, 2.45) is 7.05 Å². The average Bonchev–Trinajstić information content (AvgIpc) is 2.41. The zero-order valence-corrected chi connectivity index (χ0v) is 8.59. The van der Waals surface area contributed by atoms with E-state index in [0.717, 1.165) is 11.3 Å². The van der Waals surface area contributed by atoms with E-state index in [2.05, 4.69) is 10.4 Å². The first-order valence-corrected chi connectivity index (χ1v) is 4.52. The Morgan fingerprint density at radius 3 is 2.64 bits per heavy atom. The van der Waals surface area contributed by atoms with Crippen LogP contribution in [0.3, 0.4) is 0 Å². The molecule has 80 valence electrons. The predicted molar refractivity (Wildman–Crippen MR) is 50.4 cm³/mol. The summed E-state index contributed by atoms with van der Waals surface area (Å²) in [5, 5.41) is 6.90. The van der Waals surface area contributed by atoms with Crippen LogP contribution in [0.15, 0.2) is 6.20 Å². The molecule has 0 amide bonds. The highest BCUT2D eigenvalue weighted by molar-refractivity contribution is 5.19. The number of nitrogens with zero attached hydrogens (tertiary/aromatic N) is 2. The van der Waals surface area contributed by atoms with Crippen molar-refractivity contribution in [2.75, 3.05) is 6.54 Å². The smallest absolute Gasteiger partial charge is 0.250 e. The van der Waals surface area contributed by atoms with E-state index in [4.69, 9.17) is 0 Å². The number of hydrogen-bond acceptors (Lipinski definition) is 2. The largest absolute Gasteiger partial charge is 0.305 e. The molecule has 1 heterocycles. The van der Waals surface area contributed by atoms with Crippen LogP contribution in [0.1, 0.15) is 24.2 Å². The number of halogens is 2. The lowest BCUT2D eigenvalue weighted by molar-refractivity contribution is 0.142. The van der Waals surface area contributed by atoms with Gasteiger partial charge in [0.25, 0.3) is 6.43 Å². The van der Waals surface area contributed by atoms with Crippen LogP contribution in [-0.4, -0.2) is 22.8 Å². The number of rotatable bonds is 4. The lowest BCUT2D eigenvalue weighted by Crippen LogP contribution is -2.24. The maximum atomic E-state index is 11.9. The number of alkyl halides is 2. The molecular weight excluding hydrogens is 188 g/mol. The molecule has 3 nitrogen and oxygen atoms in total. The van der Waals surface area contributed by atoms with Crippen molar-refractivity contribution >= 4 is 0 Å². The van der Waals surface area contributed by atoms with Gasteiger partial charge in [-0.2, -0.15) is 5.10 Å². The molecule has 1 rings (SSSR count). The second-order valence-corrected chi connectivity index (χ2v) is 3.36. The minimum Gasteiger partial charge on any atom is -0.305 e. The molecule has 5 heteroatoms. The van der Waals surface area contributed by atoms with E-state index >= 15 is 0 Å². The second kappa shape index (κ2) is 4.50. The van der Waals surface area contributed by atoms with Gasteiger partial charge in [0.05, 0.1) is 12.2 Å². The molecule has 0 aliphatic heterocycles. The number of hydrogen-bond donors (Lipinski definition) is 1. The van der Waals surface area contributed by atoms with Gasteiger partial charge >= 0.3 is 0 Å². The maximum absolute atomic E-state index is 11.9. The normalized spacial score (nSPS) is 13.6. The second-order valence-electron chi connectivity index (χ2n) is 3.36. The van der Waals surface area contributed by atoms with Crippen molar-refractivity contribution in [3.63, 3.8) is 0 Å². The van der Waals surface area contributed by atoms with Gasteiger partial charge in [-0.1, -0.05) is 0 Å². The fraction of sp³-hybridized carbons (Fsp3) is 0.667. The van der Waals surface area contributed by atoms with Gasteiger partial charge in [-0.05, 0) is 13.8 Å². The van der Waals surface area contributed by atoms with Gasteiger partial charge in [-0.25, -0.2) is 8.78 Å². The molecule has 0 spiro atoms. The van der Waals surface area contributed by atoms with Crippen LogP contribution >= 0.6 is 0 Å². The highest BCUT2D eigenvalue weighted by atomic mass is 19.3. The van der Waals surface area contributed by atoms with Crippen molar-refractivity contribution in [2.45, 2.75) is 26.3 Å². The first-order valence-electron chi connectivity index (χ1n) is 4.52. The standard InChI is InChI=1S/C9H15F2N3/c1-6(12-4-9(10)11)8-5-14(3)13-7(8)2/h5-6,9,12H,4H2,1-3H3. The van der Waals surface area contributed by atoms with Crippen molar-refractivity contribution in [1.29, 1.82) is 0 Å². The maximum Gasteiger partial charge on any atom is 0.250 e. The fourth-order valence-electron chi connectivity index (χ4n) is 1.42. The Kier molecular flexibility index (Phi) is 3.57. The Hall–Kier alpha value is -0.970. The quantitative estimate of drug-likeness (QED) is 0.806. The Bertz CT molecular complexity index is 296. The first kappa shape index (κ1) is 11.1. The summed E-state index contributed by atoms with van der Waals surface area (Å²) < 4.78 is 25.6. The van der Waals surface area contributed by atoms with Gasteiger partial charge in [-0.15, -0.1) is 0 Å². The van der Waals surface area contributed by atoms with E-state index in [0.29, 0.717) is 0 Å². The Labute approximate surface area is 82.1 Å². The van der Waals surface area contributed by atoms with Gasteiger partial charge in [0.15, 0.2) is 0 Å². The van der Waals surface area contributed by atoms with E-state index in [9.17, 15) is 8.78 Å². The third-order valence-electron chi connectivity index (χ3n) is 2.10. The van der Waals surface area contributed by atoms with E-state index in [1.807, 2.05) is 27.1 Å². The minimum atomic E-state index is -2.31. The highest BCUT2D eigenvalue weighted by Crippen LogP contribution is 2.15. The van der Waals surface area contributed by atoms with E-state index in [1.165, 1.54) is 0 Å². The first-order chi connectivity index (χ1) is 6.50. The molecule has 0 aliphatic carbocycles. The molecule has 14 heavy (non-hydrogen) atoms. The summed E-state index contributed by atoms with van der Waals surface area (Å²) in [6.07, 6.45) is -0.465. The van der Waals surface area contributed by atoms with Crippen molar-refractivity contribution in [3.05, 3.63) is 17.5 Å². The molecule has 0 saturated heterocycles. The molecule has 1 unspecified atom stereocenters. The lowest BCUT2D eigenvalue weighted by atomic mass is 10.1. The zero-order valence-electron chi connectivity index (χ0n) is 8.59. The Morgan fingerprint density at radius 2 is 2.21 bits per heavy atom. The summed E-state index contributed by atoms with van der Waals surface area (Å²) in [6.45, 7) is 3.44. The van der Waals surface area contributed by atoms with Crippen molar-refractivity contribution in [3.8, 4) is 0 Å². The molecule has 1 atom stereocenters. The van der Waals surface area contributed by atoms with Gasteiger partial charge < -0.3 is 5.32 Å². The van der Waals surface area contributed by atoms with E-state index < -0.39 is 6.43 Å². The SMILES string of the molecule is Cc1nn(C)cc1C(C)NCC(F)F. The minimum absolute atomic E-state index is 0.0855. The predicted octanol–water partition coefficient (Wildman–Crippen LogP) is 1.64. The summed E-state index contributed by atoms with van der Waals surface area (Å²) in [4.78, 5) is 0. The fourth-order valence-corrected chi connectivity index (χ4v) is 1.42. The van der Waals surface area contributed by atoms with E-state index in [1.54, 1.807) is 4.68 Å². The number of aromatic nitrogens is 2. The molecule has 0 aliphatic rings. The van der Waals surface area contributed by atoms with Gasteiger partial charge in [0.2, 0.25) is 0 Å². The number of nitrogens with one attached hydrogen (secondary N) is 1. The van der Waals surface area contributed by atoms with Crippen LogP contribution in [0.5, 0.6) is 0 Å². The van der Waals surface area contributed by atoms with Crippen LogP contribution in [-0.2, 0) is 7.05 Å². The molecule has 0 bridgehead atoms. The summed E-state index contributed by atoms with van der Waals surface area (Å²) in [7, 11) is 1.82. The topological polar surface area (TPSA) is 29.9 Å². The van der Waals surface area contributed by atoms with Crippen LogP contribution in [0.4, 0.5) is 8.78 Å². The highest BCUT2D eigenvalue weighted by Gasteiger charge is 2.12.